The Hall–Kier alpha value is -1.08. The van der Waals surface area contributed by atoms with E-state index in [1.165, 1.54) is 0 Å². The number of carboxylic acid groups (broad SMARTS) is 2. The second-order valence-electron chi connectivity index (χ2n) is 7.08. The number of rotatable bonds is 6. The molecule has 0 unspecified atom stereocenters. The molecule has 7 heteroatoms. The van der Waals surface area contributed by atoms with Gasteiger partial charge in [0.1, 0.15) is 6.04 Å². The van der Waals surface area contributed by atoms with Crippen molar-refractivity contribution < 1.29 is 24.2 Å². The molecule has 0 aromatic rings. The fourth-order valence-electron chi connectivity index (χ4n) is 4.03. The van der Waals surface area contributed by atoms with Gasteiger partial charge in [0.2, 0.25) is 8.32 Å². The quantitative estimate of drug-likeness (QED) is 0.729. The van der Waals surface area contributed by atoms with Gasteiger partial charge in [-0.2, -0.15) is 0 Å². The lowest BCUT2D eigenvalue weighted by atomic mass is 10.2. The maximum Gasteiger partial charge on any atom is 0.408 e. The smallest absolute Gasteiger partial charge is 0.408 e. The summed E-state index contributed by atoms with van der Waals surface area (Å²) in [6, 6.07) is -0.999. The lowest BCUT2D eigenvalue weighted by Gasteiger charge is -2.44. The topological polar surface area (TPSA) is 87.1 Å². The van der Waals surface area contributed by atoms with Gasteiger partial charge in [-0.25, -0.2) is 9.59 Å². The summed E-state index contributed by atoms with van der Waals surface area (Å²) in [6.45, 7) is 13.1. The molecule has 0 spiro atoms. The first kappa shape index (κ1) is 19.0. The second-order valence-corrected chi connectivity index (χ2v) is 12.5. The van der Waals surface area contributed by atoms with Crippen LogP contribution in [-0.2, 0) is 9.22 Å². The van der Waals surface area contributed by atoms with Crippen molar-refractivity contribution >= 4 is 20.4 Å². The van der Waals surface area contributed by atoms with Crippen LogP contribution in [0.2, 0.25) is 16.6 Å². The Kier molecular flexibility index (Phi) is 6.03. The van der Waals surface area contributed by atoms with Crippen molar-refractivity contribution in [2.24, 2.45) is 0 Å². The van der Waals surface area contributed by atoms with Crippen molar-refractivity contribution in [2.75, 3.05) is 6.54 Å². The first-order chi connectivity index (χ1) is 10.0. The zero-order chi connectivity index (χ0) is 17.2. The number of nitrogens with zero attached hydrogens (tertiary/aromatic N) is 1. The molecular weight excluding hydrogens is 302 g/mol. The van der Waals surface area contributed by atoms with Crippen LogP contribution in [0.25, 0.3) is 0 Å². The van der Waals surface area contributed by atoms with Crippen molar-refractivity contribution in [3.05, 3.63) is 0 Å². The molecule has 0 radical (unpaired) electrons. The van der Waals surface area contributed by atoms with E-state index in [0.717, 1.165) is 4.90 Å². The minimum absolute atomic E-state index is 0.146. The van der Waals surface area contributed by atoms with Crippen molar-refractivity contribution in [2.45, 2.75) is 76.7 Å². The average molecular weight is 331 g/mol. The first-order valence-electron chi connectivity index (χ1n) is 7.94. The normalized spacial score (nSPS) is 22.9. The van der Waals surface area contributed by atoms with Crippen molar-refractivity contribution in [1.29, 1.82) is 0 Å². The molecule has 1 saturated heterocycles. The number of hydrogen-bond acceptors (Lipinski definition) is 3. The summed E-state index contributed by atoms with van der Waals surface area (Å²) in [7, 11) is -2.13. The van der Waals surface area contributed by atoms with Crippen molar-refractivity contribution in [3.63, 3.8) is 0 Å². The highest BCUT2D eigenvalue weighted by molar-refractivity contribution is 6.77. The number of carboxylic acids is 1. The monoisotopic (exact) mass is 331 g/mol. The summed E-state index contributed by atoms with van der Waals surface area (Å²) in [4.78, 5) is 23.5. The molecule has 1 rings (SSSR count). The van der Waals surface area contributed by atoms with Gasteiger partial charge in [0.15, 0.2) is 0 Å². The fraction of sp³-hybridized carbons (Fsp3) is 0.867. The standard InChI is InChI=1S/C15H29NO5Si/c1-9(2)22(10(3)4,11(5)6)21-12-7-13(14(17)18)16(8-12)15(19)20/h9-13H,7-8H2,1-6H3,(H,17,18)(H,19,20)/t12-,13+/m0/s1. The second kappa shape index (κ2) is 7.00. The minimum atomic E-state index is -2.13. The van der Waals surface area contributed by atoms with Crippen LogP contribution in [0.4, 0.5) is 4.79 Å². The zero-order valence-electron chi connectivity index (χ0n) is 14.4. The highest BCUT2D eigenvalue weighted by atomic mass is 28.4. The SMILES string of the molecule is CC(C)[Si](O[C@H]1C[C@H](C(=O)O)N(C(=O)O)C1)(C(C)C)C(C)C. The Morgan fingerprint density at radius 2 is 1.50 bits per heavy atom. The number of hydrogen-bond donors (Lipinski definition) is 2. The molecule has 1 heterocycles. The van der Waals surface area contributed by atoms with Crippen molar-refractivity contribution in [3.8, 4) is 0 Å². The number of likely N-dealkylation sites (tertiary alicyclic amines) is 1. The van der Waals surface area contributed by atoms with E-state index in [9.17, 15) is 19.8 Å². The van der Waals surface area contributed by atoms with Crippen LogP contribution < -0.4 is 0 Å². The first-order valence-corrected chi connectivity index (χ1v) is 10.1. The molecule has 128 valence electrons. The molecule has 1 amide bonds. The summed E-state index contributed by atoms with van der Waals surface area (Å²) in [5.74, 6) is -1.10. The predicted molar refractivity (Wildman–Crippen MR) is 86.7 cm³/mol. The van der Waals surface area contributed by atoms with E-state index in [1.807, 2.05) is 0 Å². The van der Waals surface area contributed by atoms with Crippen LogP contribution in [0.3, 0.4) is 0 Å². The number of aliphatic carboxylic acids is 1. The third-order valence-corrected chi connectivity index (χ3v) is 11.0. The fourth-order valence-corrected chi connectivity index (χ4v) is 9.59. The minimum Gasteiger partial charge on any atom is -0.480 e. The van der Waals surface area contributed by atoms with E-state index in [2.05, 4.69) is 41.5 Å². The summed E-state index contributed by atoms with van der Waals surface area (Å²) < 4.78 is 6.51. The molecule has 1 aliphatic rings. The number of carbonyl (C=O) groups is 2. The van der Waals surface area contributed by atoms with Crippen LogP contribution in [0.1, 0.15) is 48.0 Å². The number of amides is 1. The van der Waals surface area contributed by atoms with Gasteiger partial charge in [-0.05, 0) is 16.6 Å². The Balaban J connectivity index is 3.01. The van der Waals surface area contributed by atoms with Crippen LogP contribution in [0, 0.1) is 0 Å². The van der Waals surface area contributed by atoms with Gasteiger partial charge in [0, 0.05) is 13.0 Å². The molecule has 1 fully saturated rings. The third-order valence-electron chi connectivity index (χ3n) is 4.87. The molecule has 0 aromatic heterocycles. The van der Waals surface area contributed by atoms with Gasteiger partial charge in [-0.15, -0.1) is 0 Å². The van der Waals surface area contributed by atoms with Gasteiger partial charge in [0.05, 0.1) is 6.10 Å². The van der Waals surface area contributed by atoms with Crippen molar-refractivity contribution in [1.82, 2.24) is 4.90 Å². The summed E-state index contributed by atoms with van der Waals surface area (Å²) in [5.41, 5.74) is 1.15. The molecule has 22 heavy (non-hydrogen) atoms. The highest BCUT2D eigenvalue weighted by Gasteiger charge is 2.50. The molecule has 0 aromatic carbocycles. The van der Waals surface area contributed by atoms with Crippen LogP contribution >= 0.6 is 0 Å². The van der Waals surface area contributed by atoms with E-state index in [4.69, 9.17) is 4.43 Å². The van der Waals surface area contributed by atoms with E-state index in [-0.39, 0.29) is 19.1 Å². The van der Waals surface area contributed by atoms with Crippen LogP contribution in [0.15, 0.2) is 0 Å². The maximum atomic E-state index is 11.3. The summed E-state index contributed by atoms with van der Waals surface area (Å²) >= 11 is 0. The van der Waals surface area contributed by atoms with Gasteiger partial charge in [0.25, 0.3) is 0 Å². The van der Waals surface area contributed by atoms with Gasteiger partial charge < -0.3 is 14.6 Å². The molecule has 2 atom stereocenters. The van der Waals surface area contributed by atoms with Crippen LogP contribution in [0.5, 0.6) is 0 Å². The van der Waals surface area contributed by atoms with E-state index in [1.54, 1.807) is 0 Å². The average Bonchev–Trinajstić information content (AvgIpc) is 2.78. The van der Waals surface area contributed by atoms with E-state index in [0.29, 0.717) is 16.6 Å². The molecule has 1 aliphatic heterocycles. The molecular formula is C15H29NO5Si. The maximum absolute atomic E-state index is 11.3. The Morgan fingerprint density at radius 3 is 1.77 bits per heavy atom. The largest absolute Gasteiger partial charge is 0.480 e. The lowest BCUT2D eigenvalue weighted by molar-refractivity contribution is -0.141. The third kappa shape index (κ3) is 3.46. The molecule has 0 aliphatic carbocycles. The molecule has 6 nitrogen and oxygen atoms in total. The van der Waals surface area contributed by atoms with E-state index >= 15 is 0 Å². The summed E-state index contributed by atoms with van der Waals surface area (Å²) in [5, 5.41) is 18.4. The van der Waals surface area contributed by atoms with Crippen LogP contribution in [-0.4, -0.2) is 54.2 Å². The lowest BCUT2D eigenvalue weighted by Crippen LogP contribution is -2.50. The van der Waals surface area contributed by atoms with Gasteiger partial charge in [-0.3, -0.25) is 4.90 Å². The van der Waals surface area contributed by atoms with Gasteiger partial charge >= 0.3 is 12.1 Å². The Bertz CT molecular complexity index is 380. The van der Waals surface area contributed by atoms with E-state index < -0.39 is 26.4 Å². The Labute approximate surface area is 133 Å². The summed E-state index contributed by atoms with van der Waals surface area (Å²) in [6.07, 6.45) is -1.27. The highest BCUT2D eigenvalue weighted by Crippen LogP contribution is 2.44. The Morgan fingerprint density at radius 1 is 1.05 bits per heavy atom. The van der Waals surface area contributed by atoms with Gasteiger partial charge in [-0.1, -0.05) is 41.5 Å². The zero-order valence-corrected chi connectivity index (χ0v) is 15.4. The predicted octanol–water partition coefficient (Wildman–Crippen LogP) is 3.38. The molecule has 0 bridgehead atoms. The molecule has 0 saturated carbocycles. The molecule has 2 N–H and O–H groups in total.